The van der Waals surface area contributed by atoms with Crippen LogP contribution in [-0.2, 0) is 4.79 Å². The number of nitrogens with one attached hydrogen (secondary N) is 1. The van der Waals surface area contributed by atoms with Gasteiger partial charge >= 0.3 is 0 Å². The number of rotatable bonds is 2. The number of hydrogen-bond acceptors (Lipinski definition) is 1. The van der Waals surface area contributed by atoms with Crippen LogP contribution in [0.4, 0.5) is 0 Å². The van der Waals surface area contributed by atoms with Gasteiger partial charge in [-0.15, -0.1) is 0 Å². The summed E-state index contributed by atoms with van der Waals surface area (Å²) >= 11 is 0. The molecule has 15 heavy (non-hydrogen) atoms. The van der Waals surface area contributed by atoms with E-state index in [0.717, 1.165) is 12.1 Å². The van der Waals surface area contributed by atoms with Gasteiger partial charge in [-0.05, 0) is 18.1 Å². The average molecular weight is 205 g/mol. The lowest BCUT2D eigenvalue weighted by Gasteiger charge is -2.12. The van der Waals surface area contributed by atoms with Gasteiger partial charge in [-0.3, -0.25) is 4.79 Å². The predicted octanol–water partition coefficient (Wildman–Crippen LogP) is 2.94. The lowest BCUT2D eigenvalue weighted by atomic mass is 9.93. The maximum absolute atomic E-state index is 11.0. The fourth-order valence-electron chi connectivity index (χ4n) is 1.49. The molecule has 1 N–H and O–H groups in total. The van der Waals surface area contributed by atoms with E-state index in [2.05, 4.69) is 44.3 Å². The zero-order chi connectivity index (χ0) is 11.5. The molecule has 82 valence electrons. The Labute approximate surface area is 91.8 Å². The normalized spacial score (nSPS) is 18.9. The Bertz CT molecular complexity index is 346. The van der Waals surface area contributed by atoms with Crippen LogP contribution in [0.15, 0.2) is 35.6 Å². The largest absolute Gasteiger partial charge is 0.326 e. The van der Waals surface area contributed by atoms with Crippen LogP contribution in [0.2, 0.25) is 0 Å². The van der Waals surface area contributed by atoms with E-state index < -0.39 is 0 Å². The zero-order valence-electron chi connectivity index (χ0n) is 9.92. The Morgan fingerprint density at radius 2 is 1.93 bits per heavy atom. The van der Waals surface area contributed by atoms with Gasteiger partial charge in [0.2, 0.25) is 5.91 Å². The van der Waals surface area contributed by atoms with E-state index in [1.54, 1.807) is 0 Å². The van der Waals surface area contributed by atoms with Crippen LogP contribution in [0.1, 0.15) is 34.1 Å². The van der Waals surface area contributed by atoms with Gasteiger partial charge in [0.15, 0.2) is 0 Å². The summed E-state index contributed by atoms with van der Waals surface area (Å²) in [5, 5.41) is 2.86. The second-order valence-electron chi connectivity index (χ2n) is 4.46. The lowest BCUT2D eigenvalue weighted by molar-refractivity contribution is -0.118. The molecule has 0 fully saturated rings. The van der Waals surface area contributed by atoms with E-state index >= 15 is 0 Å². The van der Waals surface area contributed by atoms with Crippen molar-refractivity contribution >= 4 is 5.91 Å². The Morgan fingerprint density at radius 3 is 2.47 bits per heavy atom. The highest BCUT2D eigenvalue weighted by molar-refractivity contribution is 5.76. The molecule has 1 aliphatic carbocycles. The summed E-state index contributed by atoms with van der Waals surface area (Å²) in [5.74, 6) is -0.0197. The summed E-state index contributed by atoms with van der Waals surface area (Å²) in [6.45, 7) is 7.91. The molecule has 0 radical (unpaired) electrons. The number of hydrogen-bond donors (Lipinski definition) is 1. The first-order valence-electron chi connectivity index (χ1n) is 5.34. The maximum atomic E-state index is 11.0. The molecule has 0 aliphatic heterocycles. The van der Waals surface area contributed by atoms with E-state index in [1.807, 2.05) is 6.08 Å². The molecular weight excluding hydrogens is 186 g/mol. The van der Waals surface area contributed by atoms with E-state index in [1.165, 1.54) is 12.5 Å². The zero-order valence-corrected chi connectivity index (χ0v) is 9.92. The maximum Gasteiger partial charge on any atom is 0.221 e. The Hall–Kier alpha value is -1.31. The van der Waals surface area contributed by atoms with Crippen molar-refractivity contribution in [3.63, 3.8) is 0 Å². The minimum atomic E-state index is -0.0197. The summed E-state index contributed by atoms with van der Waals surface area (Å²) in [5.41, 5.74) is 2.15. The average Bonchev–Trinajstić information content (AvgIpc) is 2.26. The molecule has 0 bridgehead atoms. The SMILES string of the molecule is CCC1=C(NC(C)=O)C=CC(C)(C)C=C1. The van der Waals surface area contributed by atoms with Gasteiger partial charge in [-0.2, -0.15) is 0 Å². The second-order valence-corrected chi connectivity index (χ2v) is 4.46. The van der Waals surface area contributed by atoms with Crippen molar-refractivity contribution in [1.29, 1.82) is 0 Å². The molecular formula is C13H19NO. The number of carbonyl (C=O) groups excluding carboxylic acids is 1. The van der Waals surface area contributed by atoms with Crippen molar-refractivity contribution in [2.45, 2.75) is 34.1 Å². The number of amides is 1. The second kappa shape index (κ2) is 4.47. The van der Waals surface area contributed by atoms with Gasteiger partial charge in [0.25, 0.3) is 0 Å². The van der Waals surface area contributed by atoms with Gasteiger partial charge in [-0.25, -0.2) is 0 Å². The molecule has 1 rings (SSSR count). The van der Waals surface area contributed by atoms with E-state index in [9.17, 15) is 4.79 Å². The monoisotopic (exact) mass is 205 g/mol. The van der Waals surface area contributed by atoms with Gasteiger partial charge < -0.3 is 5.32 Å². The third-order valence-electron chi connectivity index (χ3n) is 2.43. The van der Waals surface area contributed by atoms with Crippen molar-refractivity contribution in [1.82, 2.24) is 5.32 Å². The summed E-state index contributed by atoms with van der Waals surface area (Å²) in [6.07, 6.45) is 9.30. The van der Waals surface area contributed by atoms with E-state index in [-0.39, 0.29) is 11.3 Å². The van der Waals surface area contributed by atoms with Gasteiger partial charge in [0, 0.05) is 18.0 Å². The summed E-state index contributed by atoms with van der Waals surface area (Å²) in [6, 6.07) is 0. The molecule has 0 unspecified atom stereocenters. The Balaban J connectivity index is 3.03. The van der Waals surface area contributed by atoms with Crippen LogP contribution >= 0.6 is 0 Å². The third kappa shape index (κ3) is 3.39. The molecule has 0 aromatic carbocycles. The molecule has 1 amide bonds. The highest BCUT2D eigenvalue weighted by atomic mass is 16.1. The molecule has 0 saturated heterocycles. The molecule has 0 heterocycles. The minimum absolute atomic E-state index is 0.0197. The first kappa shape index (κ1) is 11.8. The van der Waals surface area contributed by atoms with Crippen LogP contribution in [0, 0.1) is 5.41 Å². The van der Waals surface area contributed by atoms with E-state index in [0.29, 0.717) is 0 Å². The first-order chi connectivity index (χ1) is 6.94. The van der Waals surface area contributed by atoms with Crippen LogP contribution in [0.5, 0.6) is 0 Å². The summed E-state index contributed by atoms with van der Waals surface area (Å²) in [7, 11) is 0. The molecule has 1 aliphatic rings. The van der Waals surface area contributed by atoms with E-state index in [4.69, 9.17) is 0 Å². The molecule has 0 aromatic heterocycles. The molecule has 2 nitrogen and oxygen atoms in total. The summed E-state index contributed by atoms with van der Waals surface area (Å²) in [4.78, 5) is 11.0. The van der Waals surface area contributed by atoms with Crippen LogP contribution < -0.4 is 5.32 Å². The van der Waals surface area contributed by atoms with Crippen LogP contribution in [-0.4, -0.2) is 5.91 Å². The molecule has 2 heteroatoms. The van der Waals surface area contributed by atoms with Crippen molar-refractivity contribution in [3.05, 3.63) is 35.6 Å². The highest BCUT2D eigenvalue weighted by Crippen LogP contribution is 2.25. The number of carbonyl (C=O) groups is 1. The van der Waals surface area contributed by atoms with Crippen molar-refractivity contribution in [2.24, 2.45) is 5.41 Å². The van der Waals surface area contributed by atoms with Crippen molar-refractivity contribution < 1.29 is 4.79 Å². The third-order valence-corrected chi connectivity index (χ3v) is 2.43. The molecule has 0 aromatic rings. The number of allylic oxidation sites excluding steroid dienone is 5. The Kier molecular flexibility index (Phi) is 3.51. The predicted molar refractivity (Wildman–Crippen MR) is 63.2 cm³/mol. The van der Waals surface area contributed by atoms with Gasteiger partial charge in [-0.1, -0.05) is 39.0 Å². The standard InChI is InChI=1S/C13H19NO/c1-5-11-6-8-13(3,4)9-7-12(11)14-10(2)15/h6-9H,5H2,1-4H3,(H,14,15). The van der Waals surface area contributed by atoms with Gasteiger partial charge in [0.05, 0.1) is 0 Å². The van der Waals surface area contributed by atoms with Crippen LogP contribution in [0.3, 0.4) is 0 Å². The molecule has 0 atom stereocenters. The van der Waals surface area contributed by atoms with Crippen LogP contribution in [0.25, 0.3) is 0 Å². The topological polar surface area (TPSA) is 29.1 Å². The summed E-state index contributed by atoms with van der Waals surface area (Å²) < 4.78 is 0. The fraction of sp³-hybridized carbons (Fsp3) is 0.462. The first-order valence-corrected chi connectivity index (χ1v) is 5.34. The highest BCUT2D eigenvalue weighted by Gasteiger charge is 2.13. The quantitative estimate of drug-likeness (QED) is 0.737. The Morgan fingerprint density at radius 1 is 1.33 bits per heavy atom. The van der Waals surface area contributed by atoms with Gasteiger partial charge in [0.1, 0.15) is 0 Å². The lowest BCUT2D eigenvalue weighted by Crippen LogP contribution is -2.19. The smallest absolute Gasteiger partial charge is 0.221 e. The van der Waals surface area contributed by atoms with Crippen molar-refractivity contribution in [3.8, 4) is 0 Å². The fourth-order valence-corrected chi connectivity index (χ4v) is 1.49. The van der Waals surface area contributed by atoms with Crippen molar-refractivity contribution in [2.75, 3.05) is 0 Å². The minimum Gasteiger partial charge on any atom is -0.326 e. The molecule has 0 spiro atoms. The molecule has 0 saturated carbocycles.